The standard InChI is InChI=1S/C14H8Cl2N2O3/c15-8-4-3-5-9(11(8)16)21-13-12(14(19)20)18-7-2-1-6-10(18)17-13/h1-7H,(H,19,20). The summed E-state index contributed by atoms with van der Waals surface area (Å²) < 4.78 is 6.96. The first-order valence-corrected chi connectivity index (χ1v) is 6.66. The molecular formula is C14H8Cl2N2O3. The van der Waals surface area contributed by atoms with Crippen molar-refractivity contribution in [3.05, 3.63) is 58.3 Å². The molecule has 0 saturated carbocycles. The Morgan fingerprint density at radius 1 is 1.19 bits per heavy atom. The van der Waals surface area contributed by atoms with Crippen LogP contribution in [0.4, 0.5) is 0 Å². The predicted molar refractivity (Wildman–Crippen MR) is 78.7 cm³/mol. The molecule has 7 heteroatoms. The van der Waals surface area contributed by atoms with Crippen molar-refractivity contribution in [2.45, 2.75) is 0 Å². The number of carbonyl (C=O) groups is 1. The average molecular weight is 323 g/mol. The van der Waals surface area contributed by atoms with E-state index in [0.29, 0.717) is 10.7 Å². The highest BCUT2D eigenvalue weighted by atomic mass is 35.5. The van der Waals surface area contributed by atoms with Crippen molar-refractivity contribution >= 4 is 34.8 Å². The number of halogens is 2. The van der Waals surface area contributed by atoms with Crippen molar-refractivity contribution in [1.29, 1.82) is 0 Å². The zero-order valence-corrected chi connectivity index (χ0v) is 12.0. The number of rotatable bonds is 3. The van der Waals surface area contributed by atoms with Gasteiger partial charge in [0.25, 0.3) is 5.88 Å². The molecule has 2 heterocycles. The van der Waals surface area contributed by atoms with E-state index in [1.165, 1.54) is 4.40 Å². The number of hydrogen-bond donors (Lipinski definition) is 1. The Kier molecular flexibility index (Phi) is 3.45. The summed E-state index contributed by atoms with van der Waals surface area (Å²) in [7, 11) is 0. The monoisotopic (exact) mass is 322 g/mol. The highest BCUT2D eigenvalue weighted by molar-refractivity contribution is 6.42. The van der Waals surface area contributed by atoms with Crippen LogP contribution in [-0.4, -0.2) is 20.5 Å². The molecule has 3 rings (SSSR count). The number of aromatic nitrogens is 2. The van der Waals surface area contributed by atoms with E-state index >= 15 is 0 Å². The molecule has 0 atom stereocenters. The first-order chi connectivity index (χ1) is 10.1. The van der Waals surface area contributed by atoms with Crippen LogP contribution in [0.25, 0.3) is 5.65 Å². The van der Waals surface area contributed by atoms with Crippen LogP contribution in [0.5, 0.6) is 11.6 Å². The highest BCUT2D eigenvalue weighted by Gasteiger charge is 2.21. The Bertz CT molecular complexity index is 845. The number of imidazole rings is 1. The van der Waals surface area contributed by atoms with Gasteiger partial charge in [0.05, 0.1) is 5.02 Å². The van der Waals surface area contributed by atoms with Gasteiger partial charge in [0, 0.05) is 6.20 Å². The second-order valence-corrected chi connectivity index (χ2v) is 4.94. The molecule has 0 amide bonds. The number of fused-ring (bicyclic) bond motifs is 1. The van der Waals surface area contributed by atoms with E-state index in [4.69, 9.17) is 27.9 Å². The quantitative estimate of drug-likeness (QED) is 0.787. The number of carboxylic acids is 1. The number of carboxylic acid groups (broad SMARTS) is 1. The fourth-order valence-electron chi connectivity index (χ4n) is 1.91. The number of hydrogen-bond acceptors (Lipinski definition) is 3. The van der Waals surface area contributed by atoms with E-state index in [1.807, 2.05) is 0 Å². The van der Waals surface area contributed by atoms with E-state index in [0.717, 1.165) is 0 Å². The fraction of sp³-hybridized carbons (Fsp3) is 0. The van der Waals surface area contributed by atoms with Crippen LogP contribution >= 0.6 is 23.2 Å². The maximum atomic E-state index is 11.4. The lowest BCUT2D eigenvalue weighted by molar-refractivity contribution is 0.0686. The Balaban J connectivity index is 2.14. The summed E-state index contributed by atoms with van der Waals surface area (Å²) in [4.78, 5) is 15.6. The lowest BCUT2D eigenvalue weighted by atomic mass is 10.3. The normalized spacial score (nSPS) is 10.8. The predicted octanol–water partition coefficient (Wildman–Crippen LogP) is 4.13. The lowest BCUT2D eigenvalue weighted by Crippen LogP contribution is -2.03. The van der Waals surface area contributed by atoms with Gasteiger partial charge >= 0.3 is 5.97 Å². The molecule has 0 spiro atoms. The van der Waals surface area contributed by atoms with Crippen molar-refractivity contribution in [3.8, 4) is 11.6 Å². The van der Waals surface area contributed by atoms with E-state index in [-0.39, 0.29) is 22.3 Å². The van der Waals surface area contributed by atoms with Crippen molar-refractivity contribution in [1.82, 2.24) is 9.38 Å². The van der Waals surface area contributed by atoms with Crippen LogP contribution in [0.3, 0.4) is 0 Å². The van der Waals surface area contributed by atoms with E-state index < -0.39 is 5.97 Å². The van der Waals surface area contributed by atoms with Crippen molar-refractivity contribution in [2.24, 2.45) is 0 Å². The number of pyridine rings is 1. The molecule has 1 N–H and O–H groups in total. The Hall–Kier alpha value is -2.24. The third-order valence-electron chi connectivity index (χ3n) is 2.82. The molecule has 0 unspecified atom stereocenters. The van der Waals surface area contributed by atoms with Gasteiger partial charge in [-0.05, 0) is 24.3 Å². The second-order valence-electron chi connectivity index (χ2n) is 4.15. The maximum absolute atomic E-state index is 11.4. The first-order valence-electron chi connectivity index (χ1n) is 5.90. The summed E-state index contributed by atoms with van der Waals surface area (Å²) in [5.74, 6) is -0.949. The van der Waals surface area contributed by atoms with Crippen molar-refractivity contribution in [3.63, 3.8) is 0 Å². The fourth-order valence-corrected chi connectivity index (χ4v) is 2.24. The molecular weight excluding hydrogens is 315 g/mol. The molecule has 106 valence electrons. The maximum Gasteiger partial charge on any atom is 0.358 e. The van der Waals surface area contributed by atoms with Crippen LogP contribution in [-0.2, 0) is 0 Å². The van der Waals surface area contributed by atoms with Gasteiger partial charge in [0.1, 0.15) is 16.4 Å². The Morgan fingerprint density at radius 2 is 2.00 bits per heavy atom. The summed E-state index contributed by atoms with van der Waals surface area (Å²) in [5.41, 5.74) is 0.379. The van der Waals surface area contributed by atoms with Crippen molar-refractivity contribution in [2.75, 3.05) is 0 Å². The third kappa shape index (κ3) is 2.41. The third-order valence-corrected chi connectivity index (χ3v) is 3.62. The molecule has 0 fully saturated rings. The van der Waals surface area contributed by atoms with Crippen LogP contribution in [0.2, 0.25) is 10.0 Å². The largest absolute Gasteiger partial charge is 0.476 e. The van der Waals surface area contributed by atoms with Crippen LogP contribution in [0.15, 0.2) is 42.6 Å². The number of benzene rings is 1. The van der Waals surface area contributed by atoms with Crippen LogP contribution in [0.1, 0.15) is 10.5 Å². The van der Waals surface area contributed by atoms with Gasteiger partial charge < -0.3 is 9.84 Å². The zero-order chi connectivity index (χ0) is 15.0. The van der Waals surface area contributed by atoms with Gasteiger partial charge in [-0.3, -0.25) is 4.40 Å². The summed E-state index contributed by atoms with van der Waals surface area (Å²) >= 11 is 11.9. The first kappa shape index (κ1) is 13.7. The molecule has 2 aromatic heterocycles. The van der Waals surface area contributed by atoms with Gasteiger partial charge in [-0.15, -0.1) is 0 Å². The van der Waals surface area contributed by atoms with Crippen molar-refractivity contribution < 1.29 is 14.6 Å². The molecule has 0 bridgehead atoms. The highest BCUT2D eigenvalue weighted by Crippen LogP contribution is 2.35. The lowest BCUT2D eigenvalue weighted by Gasteiger charge is -2.06. The SMILES string of the molecule is O=C(O)c1c(Oc2cccc(Cl)c2Cl)nc2ccccn12. The molecule has 21 heavy (non-hydrogen) atoms. The summed E-state index contributed by atoms with van der Waals surface area (Å²) in [6.07, 6.45) is 1.60. The van der Waals surface area contributed by atoms with Gasteiger partial charge in [-0.25, -0.2) is 4.79 Å². The summed E-state index contributed by atoms with van der Waals surface area (Å²) in [6.45, 7) is 0. The molecule has 0 saturated heterocycles. The molecule has 0 aliphatic carbocycles. The minimum absolute atomic E-state index is 0.0436. The molecule has 0 aliphatic rings. The van der Waals surface area contributed by atoms with Crippen LogP contribution < -0.4 is 4.74 Å². The molecule has 0 aliphatic heterocycles. The Labute approximate surface area is 129 Å². The van der Waals surface area contributed by atoms with E-state index in [9.17, 15) is 9.90 Å². The number of ether oxygens (including phenoxy) is 1. The molecule has 3 aromatic rings. The molecule has 1 aromatic carbocycles. The average Bonchev–Trinajstić information content (AvgIpc) is 2.82. The molecule has 5 nitrogen and oxygen atoms in total. The van der Waals surface area contributed by atoms with E-state index in [2.05, 4.69) is 4.98 Å². The topological polar surface area (TPSA) is 63.8 Å². The Morgan fingerprint density at radius 3 is 2.76 bits per heavy atom. The minimum Gasteiger partial charge on any atom is -0.476 e. The van der Waals surface area contributed by atoms with Crippen LogP contribution in [0, 0.1) is 0 Å². The minimum atomic E-state index is -1.15. The summed E-state index contributed by atoms with van der Waals surface area (Å²) in [5, 5.41) is 9.87. The van der Waals surface area contributed by atoms with Gasteiger partial charge in [0.2, 0.25) is 0 Å². The zero-order valence-electron chi connectivity index (χ0n) is 10.5. The summed E-state index contributed by atoms with van der Waals surface area (Å²) in [6, 6.07) is 9.99. The number of aromatic carboxylic acids is 1. The molecule has 0 radical (unpaired) electrons. The van der Waals surface area contributed by atoms with Gasteiger partial charge in [-0.1, -0.05) is 35.3 Å². The number of nitrogens with zero attached hydrogens (tertiary/aromatic N) is 2. The van der Waals surface area contributed by atoms with Gasteiger partial charge in [0.15, 0.2) is 5.69 Å². The van der Waals surface area contributed by atoms with Gasteiger partial charge in [-0.2, -0.15) is 4.98 Å². The van der Waals surface area contributed by atoms with E-state index in [1.54, 1.807) is 42.6 Å². The second kappa shape index (κ2) is 5.27. The smallest absolute Gasteiger partial charge is 0.358 e.